The number of rotatable bonds is 4. The van der Waals surface area contributed by atoms with Crippen molar-refractivity contribution in [1.29, 1.82) is 0 Å². The number of anilines is 1. The summed E-state index contributed by atoms with van der Waals surface area (Å²) in [7, 11) is 0. The van der Waals surface area contributed by atoms with Crippen LogP contribution in [0.5, 0.6) is 0 Å². The molecule has 3 heteroatoms. The van der Waals surface area contributed by atoms with E-state index in [-0.39, 0.29) is 11.5 Å². The Labute approximate surface area is 159 Å². The van der Waals surface area contributed by atoms with Crippen LogP contribution in [0.4, 0.5) is 5.69 Å². The normalized spacial score (nSPS) is 29.7. The van der Waals surface area contributed by atoms with Crippen molar-refractivity contribution in [2.75, 3.05) is 24.6 Å². The zero-order valence-electron chi connectivity index (χ0n) is 17.3. The van der Waals surface area contributed by atoms with E-state index in [1.165, 1.54) is 17.7 Å². The lowest BCUT2D eigenvalue weighted by atomic mass is 9.68. The fourth-order valence-corrected chi connectivity index (χ4v) is 4.45. The standard InChI is InChI=1S/C23H37NO2/c1-18(2)26-17-23(25)12-10-22(11-13-23)14-15-24(16-22)20-8-6-19(7-9-20)21(3,4)5/h6-9,18,25H,10-17H2,1-5H3. The van der Waals surface area contributed by atoms with E-state index in [1.807, 2.05) is 13.8 Å². The van der Waals surface area contributed by atoms with E-state index in [9.17, 15) is 5.11 Å². The number of hydrogen-bond donors (Lipinski definition) is 1. The molecule has 1 aromatic carbocycles. The third kappa shape index (κ3) is 4.43. The van der Waals surface area contributed by atoms with E-state index >= 15 is 0 Å². The molecule has 1 aliphatic carbocycles. The maximum absolute atomic E-state index is 10.8. The minimum absolute atomic E-state index is 0.188. The van der Waals surface area contributed by atoms with Crippen LogP contribution < -0.4 is 4.90 Å². The molecule has 0 amide bonds. The first-order valence-electron chi connectivity index (χ1n) is 10.3. The van der Waals surface area contributed by atoms with Crippen molar-refractivity contribution in [3.63, 3.8) is 0 Å². The molecule has 1 saturated carbocycles. The molecule has 1 heterocycles. The highest BCUT2D eigenvalue weighted by Gasteiger charge is 2.45. The van der Waals surface area contributed by atoms with Crippen molar-refractivity contribution in [3.8, 4) is 0 Å². The monoisotopic (exact) mass is 359 g/mol. The number of aliphatic hydroxyl groups is 1. The van der Waals surface area contributed by atoms with Gasteiger partial charge in [0.2, 0.25) is 0 Å². The zero-order chi connectivity index (χ0) is 19.0. The Kier molecular flexibility index (Phi) is 5.43. The minimum atomic E-state index is -0.614. The van der Waals surface area contributed by atoms with Crippen LogP contribution in [-0.4, -0.2) is 36.5 Å². The summed E-state index contributed by atoms with van der Waals surface area (Å²) in [6.45, 7) is 13.6. The predicted octanol–water partition coefficient (Wildman–Crippen LogP) is 4.91. The fourth-order valence-electron chi connectivity index (χ4n) is 4.45. The first-order valence-corrected chi connectivity index (χ1v) is 10.3. The average molecular weight is 360 g/mol. The molecule has 3 rings (SSSR count). The topological polar surface area (TPSA) is 32.7 Å². The molecule has 2 aliphatic rings. The molecule has 0 radical (unpaired) electrons. The Morgan fingerprint density at radius 2 is 1.65 bits per heavy atom. The maximum Gasteiger partial charge on any atom is 0.0880 e. The number of benzene rings is 1. The number of hydrogen-bond acceptors (Lipinski definition) is 3. The van der Waals surface area contributed by atoms with Crippen LogP contribution in [-0.2, 0) is 10.2 Å². The summed E-state index contributed by atoms with van der Waals surface area (Å²) >= 11 is 0. The molecule has 3 nitrogen and oxygen atoms in total. The van der Waals surface area contributed by atoms with Gasteiger partial charge in [0.25, 0.3) is 0 Å². The molecule has 1 spiro atoms. The molecule has 1 N–H and O–H groups in total. The Balaban J connectivity index is 1.59. The smallest absolute Gasteiger partial charge is 0.0880 e. The summed E-state index contributed by atoms with van der Waals surface area (Å²) in [6.07, 6.45) is 5.40. The summed E-state index contributed by atoms with van der Waals surface area (Å²) in [6, 6.07) is 9.14. The van der Waals surface area contributed by atoms with Gasteiger partial charge in [-0.15, -0.1) is 0 Å². The van der Waals surface area contributed by atoms with Gasteiger partial charge in [-0.25, -0.2) is 0 Å². The highest BCUT2D eigenvalue weighted by Crippen LogP contribution is 2.47. The van der Waals surface area contributed by atoms with Gasteiger partial charge in [-0.05, 0) is 74.5 Å². The van der Waals surface area contributed by atoms with E-state index in [0.29, 0.717) is 12.0 Å². The molecule has 0 atom stereocenters. The lowest BCUT2D eigenvalue weighted by Gasteiger charge is -2.42. The maximum atomic E-state index is 10.8. The zero-order valence-corrected chi connectivity index (χ0v) is 17.3. The van der Waals surface area contributed by atoms with Gasteiger partial charge < -0.3 is 14.7 Å². The quantitative estimate of drug-likeness (QED) is 0.829. The molecule has 0 unspecified atom stereocenters. The van der Waals surface area contributed by atoms with Gasteiger partial charge in [-0.3, -0.25) is 0 Å². The highest BCUT2D eigenvalue weighted by molar-refractivity contribution is 5.50. The minimum Gasteiger partial charge on any atom is -0.387 e. The van der Waals surface area contributed by atoms with Gasteiger partial charge >= 0.3 is 0 Å². The Bertz CT molecular complexity index is 592. The van der Waals surface area contributed by atoms with Gasteiger partial charge in [-0.1, -0.05) is 32.9 Å². The second kappa shape index (κ2) is 7.16. The largest absolute Gasteiger partial charge is 0.387 e. The van der Waals surface area contributed by atoms with Crippen molar-refractivity contribution in [3.05, 3.63) is 29.8 Å². The van der Waals surface area contributed by atoms with Crippen molar-refractivity contribution in [2.24, 2.45) is 5.41 Å². The second-order valence-electron chi connectivity index (χ2n) is 10.1. The predicted molar refractivity (Wildman–Crippen MR) is 109 cm³/mol. The second-order valence-corrected chi connectivity index (χ2v) is 10.1. The summed E-state index contributed by atoms with van der Waals surface area (Å²) < 4.78 is 5.70. The van der Waals surface area contributed by atoms with Gasteiger partial charge in [0.15, 0.2) is 0 Å². The molecule has 0 bridgehead atoms. The Morgan fingerprint density at radius 3 is 2.19 bits per heavy atom. The number of nitrogens with zero attached hydrogens (tertiary/aromatic N) is 1. The molecule has 146 valence electrons. The molecule has 1 aliphatic heterocycles. The van der Waals surface area contributed by atoms with Crippen molar-refractivity contribution in [1.82, 2.24) is 0 Å². The molecule has 2 fully saturated rings. The van der Waals surface area contributed by atoms with Crippen LogP contribution in [0.25, 0.3) is 0 Å². The lowest BCUT2D eigenvalue weighted by molar-refractivity contribution is -0.0993. The van der Waals surface area contributed by atoms with E-state index in [4.69, 9.17) is 4.74 Å². The SMILES string of the molecule is CC(C)OCC1(O)CCC2(CCN(c3ccc(C(C)(C)C)cc3)C2)CC1. The first-order chi connectivity index (χ1) is 12.1. The number of ether oxygens (including phenoxy) is 1. The van der Waals surface area contributed by atoms with Gasteiger partial charge in [0.05, 0.1) is 18.3 Å². The summed E-state index contributed by atoms with van der Waals surface area (Å²) in [4.78, 5) is 2.54. The third-order valence-corrected chi connectivity index (χ3v) is 6.46. The van der Waals surface area contributed by atoms with E-state index in [1.54, 1.807) is 0 Å². The fraction of sp³-hybridized carbons (Fsp3) is 0.739. The third-order valence-electron chi connectivity index (χ3n) is 6.46. The van der Waals surface area contributed by atoms with E-state index in [2.05, 4.69) is 49.9 Å². The van der Waals surface area contributed by atoms with Crippen LogP contribution in [0.3, 0.4) is 0 Å². The first kappa shape index (κ1) is 19.7. The highest BCUT2D eigenvalue weighted by atomic mass is 16.5. The van der Waals surface area contributed by atoms with Gasteiger partial charge in [0, 0.05) is 18.8 Å². The average Bonchev–Trinajstić information content (AvgIpc) is 3.00. The van der Waals surface area contributed by atoms with Crippen LogP contribution in [0.15, 0.2) is 24.3 Å². The van der Waals surface area contributed by atoms with Gasteiger partial charge in [-0.2, -0.15) is 0 Å². The summed E-state index contributed by atoms with van der Waals surface area (Å²) in [5.41, 5.74) is 2.71. The van der Waals surface area contributed by atoms with Crippen LogP contribution in [0.2, 0.25) is 0 Å². The molecule has 1 aromatic rings. The van der Waals surface area contributed by atoms with E-state index in [0.717, 1.165) is 38.8 Å². The summed E-state index contributed by atoms with van der Waals surface area (Å²) in [5, 5.41) is 10.8. The van der Waals surface area contributed by atoms with E-state index < -0.39 is 5.60 Å². The Hall–Kier alpha value is -1.06. The van der Waals surface area contributed by atoms with Crippen LogP contribution in [0.1, 0.15) is 72.3 Å². The molecular formula is C23H37NO2. The van der Waals surface area contributed by atoms with Crippen molar-refractivity contribution < 1.29 is 9.84 Å². The molecule has 26 heavy (non-hydrogen) atoms. The van der Waals surface area contributed by atoms with Crippen LogP contribution in [0, 0.1) is 5.41 Å². The molecule has 1 saturated heterocycles. The van der Waals surface area contributed by atoms with Crippen molar-refractivity contribution in [2.45, 2.75) is 83.8 Å². The summed E-state index contributed by atoms with van der Waals surface area (Å²) in [5.74, 6) is 0. The van der Waals surface area contributed by atoms with Crippen molar-refractivity contribution >= 4 is 5.69 Å². The van der Waals surface area contributed by atoms with Gasteiger partial charge in [0.1, 0.15) is 0 Å². The molecule has 0 aromatic heterocycles. The lowest BCUT2D eigenvalue weighted by Crippen LogP contribution is -2.44. The Morgan fingerprint density at radius 1 is 1.04 bits per heavy atom. The van der Waals surface area contributed by atoms with Crippen LogP contribution >= 0.6 is 0 Å². The molecular weight excluding hydrogens is 322 g/mol.